The van der Waals surface area contributed by atoms with Gasteiger partial charge < -0.3 is 0 Å². The Bertz CT molecular complexity index is 962. The van der Waals surface area contributed by atoms with Crippen molar-refractivity contribution in [2.45, 2.75) is 38.5 Å². The highest BCUT2D eigenvalue weighted by molar-refractivity contribution is 5.92. The Morgan fingerprint density at radius 1 is 0.719 bits per heavy atom. The van der Waals surface area contributed by atoms with Gasteiger partial charge in [0.2, 0.25) is 0 Å². The molecule has 10 nitrogen and oxygen atoms in total. The first-order chi connectivity index (χ1) is 14.9. The Morgan fingerprint density at radius 2 is 1.03 bits per heavy atom. The summed E-state index contributed by atoms with van der Waals surface area (Å²) in [6, 6.07) is 11.8. The lowest BCUT2D eigenvalue weighted by atomic mass is 9.80. The number of carbonyl (C=O) groups excluding carboxylic acids is 2. The third kappa shape index (κ3) is 5.21. The van der Waals surface area contributed by atoms with E-state index < -0.39 is 45.5 Å². The number of Topliss-reactive ketones (excluding diaryl/α,β-unsaturated/α-hetero) is 2. The van der Waals surface area contributed by atoms with Crippen molar-refractivity contribution in [2.24, 2.45) is 0 Å². The van der Waals surface area contributed by atoms with Gasteiger partial charge in [-0.05, 0) is 27.7 Å². The van der Waals surface area contributed by atoms with Crippen LogP contribution in [0.5, 0.6) is 0 Å². The molecule has 0 radical (unpaired) electrons. The molecule has 0 unspecified atom stereocenters. The molecular formula is C22H24N2O8. The highest BCUT2D eigenvalue weighted by Crippen LogP contribution is 2.33. The van der Waals surface area contributed by atoms with Gasteiger partial charge in [0.1, 0.15) is 13.2 Å². The number of carbonyl (C=O) groups is 2. The number of rotatable bonds is 11. The van der Waals surface area contributed by atoms with Crippen molar-refractivity contribution >= 4 is 22.9 Å². The van der Waals surface area contributed by atoms with Crippen molar-refractivity contribution in [2.75, 3.05) is 13.2 Å². The summed E-state index contributed by atoms with van der Waals surface area (Å²) < 4.78 is 0. The molecule has 0 aliphatic rings. The molecule has 0 saturated heterocycles. The molecular weight excluding hydrogens is 420 g/mol. The highest BCUT2D eigenvalue weighted by Gasteiger charge is 2.37. The van der Waals surface area contributed by atoms with Crippen molar-refractivity contribution < 1.29 is 29.2 Å². The molecule has 32 heavy (non-hydrogen) atoms. The lowest BCUT2D eigenvalue weighted by molar-refractivity contribution is -0.386. The van der Waals surface area contributed by atoms with Gasteiger partial charge >= 0.3 is 0 Å². The zero-order valence-electron chi connectivity index (χ0n) is 18.2. The monoisotopic (exact) mass is 444 g/mol. The molecule has 0 aliphatic heterocycles. The SMILES string of the molecule is CC(C)(C(=O)COOCC(=O)C(C)(C)c1ccccc1[N+](=O)[O-])c1ccccc1[N+](=O)[O-]. The maximum Gasteiger partial charge on any atom is 0.273 e. The van der Waals surface area contributed by atoms with E-state index >= 15 is 0 Å². The second-order valence-corrected chi connectivity index (χ2v) is 8.17. The zero-order valence-corrected chi connectivity index (χ0v) is 18.2. The lowest BCUT2D eigenvalue weighted by Gasteiger charge is -2.24. The molecule has 0 fully saturated rings. The predicted molar refractivity (Wildman–Crippen MR) is 114 cm³/mol. The van der Waals surface area contributed by atoms with E-state index in [0.29, 0.717) is 0 Å². The molecule has 0 bridgehead atoms. The topological polar surface area (TPSA) is 139 Å². The normalized spacial score (nSPS) is 11.8. The summed E-state index contributed by atoms with van der Waals surface area (Å²) in [6.45, 7) is 5.04. The van der Waals surface area contributed by atoms with Crippen LogP contribution in [0.4, 0.5) is 11.4 Å². The number of hydrogen-bond donors (Lipinski definition) is 0. The summed E-state index contributed by atoms with van der Waals surface area (Å²) in [5, 5.41) is 22.5. The standard InChI is InChI=1S/C22H24N2O8/c1-21(2,15-9-5-7-11-17(15)23(27)28)19(25)13-31-32-14-20(26)22(3,4)16-10-6-8-12-18(16)24(29)30/h5-12H,13-14H2,1-4H3. The second-order valence-electron chi connectivity index (χ2n) is 8.17. The summed E-state index contributed by atoms with van der Waals surface area (Å²) in [5.74, 6) is -0.977. The van der Waals surface area contributed by atoms with Crippen LogP contribution in [-0.4, -0.2) is 34.6 Å². The summed E-state index contributed by atoms with van der Waals surface area (Å²) in [4.78, 5) is 56.5. The van der Waals surface area contributed by atoms with Gasteiger partial charge in [0.25, 0.3) is 11.4 Å². The fourth-order valence-corrected chi connectivity index (χ4v) is 3.17. The van der Waals surface area contributed by atoms with Gasteiger partial charge in [-0.2, -0.15) is 0 Å². The first-order valence-electron chi connectivity index (χ1n) is 9.69. The average molecular weight is 444 g/mol. The van der Waals surface area contributed by atoms with Crippen LogP contribution in [0, 0.1) is 20.2 Å². The quantitative estimate of drug-likeness (QED) is 0.220. The number of nitro benzene ring substituents is 2. The van der Waals surface area contributed by atoms with Gasteiger partial charge in [-0.25, -0.2) is 9.78 Å². The molecule has 0 N–H and O–H groups in total. The van der Waals surface area contributed by atoms with Crippen molar-refractivity contribution in [1.82, 2.24) is 0 Å². The van der Waals surface area contributed by atoms with Gasteiger partial charge in [0.05, 0.1) is 20.7 Å². The largest absolute Gasteiger partial charge is 0.296 e. The van der Waals surface area contributed by atoms with Crippen molar-refractivity contribution in [3.8, 4) is 0 Å². The minimum Gasteiger partial charge on any atom is -0.296 e. The summed E-state index contributed by atoms with van der Waals surface area (Å²) in [5.41, 5.74) is -2.39. The van der Waals surface area contributed by atoms with Gasteiger partial charge in [-0.3, -0.25) is 29.8 Å². The fraction of sp³-hybridized carbons (Fsp3) is 0.364. The summed E-state index contributed by atoms with van der Waals surface area (Å²) in [7, 11) is 0. The van der Waals surface area contributed by atoms with E-state index in [2.05, 4.69) is 0 Å². The van der Waals surface area contributed by atoms with E-state index in [1.54, 1.807) is 12.1 Å². The van der Waals surface area contributed by atoms with Crippen LogP contribution in [0.15, 0.2) is 48.5 Å². The second kappa shape index (κ2) is 9.75. The van der Waals surface area contributed by atoms with E-state index in [9.17, 15) is 29.8 Å². The minimum atomic E-state index is -1.24. The summed E-state index contributed by atoms with van der Waals surface area (Å²) >= 11 is 0. The van der Waals surface area contributed by atoms with Crippen LogP contribution < -0.4 is 0 Å². The lowest BCUT2D eigenvalue weighted by Crippen LogP contribution is -2.35. The third-order valence-electron chi connectivity index (χ3n) is 5.41. The van der Waals surface area contributed by atoms with Crippen molar-refractivity contribution in [3.05, 3.63) is 79.9 Å². The number of para-hydroxylation sites is 2. The number of nitrogens with zero attached hydrogens (tertiary/aromatic N) is 2. The van der Waals surface area contributed by atoms with Gasteiger partial charge in [-0.15, -0.1) is 0 Å². The third-order valence-corrected chi connectivity index (χ3v) is 5.41. The molecule has 0 amide bonds. The number of nitro groups is 2. The molecule has 0 heterocycles. The van der Waals surface area contributed by atoms with Gasteiger partial charge in [0, 0.05) is 23.3 Å². The first-order valence-corrected chi connectivity index (χ1v) is 9.69. The van der Waals surface area contributed by atoms with Crippen LogP contribution in [-0.2, 0) is 30.2 Å². The molecule has 2 aromatic rings. The number of benzene rings is 2. The first kappa shape index (κ1) is 24.8. The molecule has 170 valence electrons. The maximum atomic E-state index is 12.6. The molecule has 2 rings (SSSR count). The minimum absolute atomic E-state index is 0.187. The Balaban J connectivity index is 2.01. The molecule has 2 aromatic carbocycles. The molecule has 10 heteroatoms. The van der Waals surface area contributed by atoms with Crippen molar-refractivity contribution in [3.63, 3.8) is 0 Å². The van der Waals surface area contributed by atoms with Crippen LogP contribution >= 0.6 is 0 Å². The average Bonchev–Trinajstić information content (AvgIpc) is 2.76. The Kier molecular flexibility index (Phi) is 7.55. The van der Waals surface area contributed by atoms with E-state index in [0.717, 1.165) is 0 Å². The molecule has 0 aromatic heterocycles. The Hall–Kier alpha value is -3.50. The molecule has 0 aliphatic carbocycles. The van der Waals surface area contributed by atoms with E-state index in [1.165, 1.54) is 64.1 Å². The maximum absolute atomic E-state index is 12.6. The number of hydrogen-bond acceptors (Lipinski definition) is 8. The molecule has 0 atom stereocenters. The van der Waals surface area contributed by atoms with E-state index in [1.807, 2.05) is 0 Å². The fourth-order valence-electron chi connectivity index (χ4n) is 3.17. The summed E-state index contributed by atoms with van der Waals surface area (Å²) in [6.07, 6.45) is 0. The predicted octanol–water partition coefficient (Wildman–Crippen LogP) is 3.84. The smallest absolute Gasteiger partial charge is 0.273 e. The Labute approximate surface area is 184 Å². The van der Waals surface area contributed by atoms with Gasteiger partial charge in [-0.1, -0.05) is 36.4 Å². The van der Waals surface area contributed by atoms with Crippen molar-refractivity contribution in [1.29, 1.82) is 0 Å². The highest BCUT2D eigenvalue weighted by atomic mass is 17.2. The Morgan fingerprint density at radius 3 is 1.34 bits per heavy atom. The van der Waals surface area contributed by atoms with E-state index in [-0.39, 0.29) is 22.5 Å². The molecule has 0 spiro atoms. The van der Waals surface area contributed by atoms with E-state index in [4.69, 9.17) is 9.78 Å². The van der Waals surface area contributed by atoms with Gasteiger partial charge in [0.15, 0.2) is 11.6 Å². The van der Waals surface area contributed by atoms with Crippen LogP contribution in [0.25, 0.3) is 0 Å². The van der Waals surface area contributed by atoms with Crippen LogP contribution in [0.3, 0.4) is 0 Å². The zero-order chi connectivity index (χ0) is 24.1. The number of ketones is 2. The van der Waals surface area contributed by atoms with Crippen LogP contribution in [0.1, 0.15) is 38.8 Å². The van der Waals surface area contributed by atoms with Crippen LogP contribution in [0.2, 0.25) is 0 Å². The molecule has 0 saturated carbocycles.